The Labute approximate surface area is 112 Å². The van der Waals surface area contributed by atoms with Crippen molar-refractivity contribution in [3.8, 4) is 0 Å². The van der Waals surface area contributed by atoms with Crippen LogP contribution in [0.15, 0.2) is 18.2 Å². The van der Waals surface area contributed by atoms with Crippen LogP contribution in [0.3, 0.4) is 0 Å². The fourth-order valence-corrected chi connectivity index (χ4v) is 2.46. The molecule has 0 aliphatic carbocycles. The van der Waals surface area contributed by atoms with Crippen LogP contribution in [0.4, 0.5) is 11.4 Å². The number of ether oxygens (including phenoxy) is 1. The highest BCUT2D eigenvalue weighted by atomic mass is 16.5. The third-order valence-electron chi connectivity index (χ3n) is 3.69. The molecule has 0 bridgehead atoms. The zero-order valence-electron chi connectivity index (χ0n) is 11.1. The first kappa shape index (κ1) is 13.7. The molecular weight excluding hydrogens is 244 g/mol. The number of nitrogens with one attached hydrogen (secondary N) is 1. The zero-order valence-corrected chi connectivity index (χ0v) is 11.1. The van der Waals surface area contributed by atoms with E-state index in [1.165, 1.54) is 6.07 Å². The number of carboxylic acid groups (broad SMARTS) is 1. The second-order valence-corrected chi connectivity index (χ2v) is 4.95. The van der Waals surface area contributed by atoms with Crippen molar-refractivity contribution < 1.29 is 14.6 Å². The molecular formula is C14H20N2O3. The van der Waals surface area contributed by atoms with Crippen LogP contribution in [0.1, 0.15) is 30.1 Å². The van der Waals surface area contributed by atoms with Gasteiger partial charge in [0.25, 0.3) is 0 Å². The fraction of sp³-hybridized carbons (Fsp3) is 0.500. The third-order valence-corrected chi connectivity index (χ3v) is 3.69. The minimum absolute atomic E-state index is 0.143. The lowest BCUT2D eigenvalue weighted by atomic mass is 9.92. The minimum Gasteiger partial charge on any atom is -0.478 e. The fourth-order valence-electron chi connectivity index (χ4n) is 2.46. The number of carbonyl (C=O) groups is 1. The quantitative estimate of drug-likeness (QED) is 0.726. The Bertz CT molecular complexity index is 456. The first-order valence-corrected chi connectivity index (χ1v) is 6.55. The predicted molar refractivity (Wildman–Crippen MR) is 74.4 cm³/mol. The molecule has 2 rings (SSSR count). The molecule has 1 aromatic rings. The van der Waals surface area contributed by atoms with Gasteiger partial charge in [0.2, 0.25) is 0 Å². The molecule has 1 saturated heterocycles. The molecule has 1 unspecified atom stereocenters. The summed E-state index contributed by atoms with van der Waals surface area (Å²) in [4.78, 5) is 11.0. The molecule has 104 valence electrons. The van der Waals surface area contributed by atoms with Crippen LogP contribution >= 0.6 is 0 Å². The average Bonchev–Trinajstić information content (AvgIpc) is 2.41. The van der Waals surface area contributed by atoms with Gasteiger partial charge in [-0.1, -0.05) is 6.07 Å². The molecule has 4 N–H and O–H groups in total. The molecule has 5 heteroatoms. The summed E-state index contributed by atoms with van der Waals surface area (Å²) in [5, 5.41) is 12.4. The number of hydrogen-bond acceptors (Lipinski definition) is 4. The van der Waals surface area contributed by atoms with E-state index < -0.39 is 5.97 Å². The number of hydrogen-bond donors (Lipinski definition) is 3. The van der Waals surface area contributed by atoms with Crippen molar-refractivity contribution in [3.05, 3.63) is 23.8 Å². The van der Waals surface area contributed by atoms with E-state index in [2.05, 4.69) is 12.2 Å². The number of benzene rings is 1. The van der Waals surface area contributed by atoms with Crippen molar-refractivity contribution in [1.29, 1.82) is 0 Å². The minimum atomic E-state index is -1.00. The second kappa shape index (κ2) is 5.93. The summed E-state index contributed by atoms with van der Waals surface area (Å²) < 4.78 is 5.34. The van der Waals surface area contributed by atoms with Crippen LogP contribution in [0, 0.1) is 5.92 Å². The number of rotatable bonds is 4. The Kier molecular flexibility index (Phi) is 4.27. The highest BCUT2D eigenvalue weighted by Gasteiger charge is 2.21. The van der Waals surface area contributed by atoms with E-state index in [-0.39, 0.29) is 11.6 Å². The SMILES string of the molecule is CC(Nc1cccc(C(=O)O)c1N)C1CCOCC1. The van der Waals surface area contributed by atoms with Gasteiger partial charge in [-0.05, 0) is 37.8 Å². The summed E-state index contributed by atoms with van der Waals surface area (Å²) in [5.41, 5.74) is 7.03. The molecule has 1 aliphatic heterocycles. The van der Waals surface area contributed by atoms with Gasteiger partial charge >= 0.3 is 5.97 Å². The summed E-state index contributed by atoms with van der Waals surface area (Å²) in [6, 6.07) is 5.29. The lowest BCUT2D eigenvalue weighted by molar-refractivity contribution is 0.0622. The maximum Gasteiger partial charge on any atom is 0.337 e. The van der Waals surface area contributed by atoms with E-state index in [4.69, 9.17) is 15.6 Å². The van der Waals surface area contributed by atoms with Gasteiger partial charge in [0, 0.05) is 19.3 Å². The van der Waals surface area contributed by atoms with Gasteiger partial charge in [0.1, 0.15) is 0 Å². The summed E-state index contributed by atoms with van der Waals surface area (Å²) in [5.74, 6) is -0.471. The molecule has 1 aliphatic rings. The van der Waals surface area contributed by atoms with Crippen LogP contribution in [-0.4, -0.2) is 30.3 Å². The maximum absolute atomic E-state index is 11.0. The Morgan fingerprint density at radius 2 is 2.16 bits per heavy atom. The Morgan fingerprint density at radius 3 is 2.79 bits per heavy atom. The Morgan fingerprint density at radius 1 is 1.47 bits per heavy atom. The van der Waals surface area contributed by atoms with E-state index in [0.717, 1.165) is 26.1 Å². The maximum atomic E-state index is 11.0. The average molecular weight is 264 g/mol. The lowest BCUT2D eigenvalue weighted by Gasteiger charge is -2.29. The van der Waals surface area contributed by atoms with Crippen molar-refractivity contribution in [1.82, 2.24) is 0 Å². The van der Waals surface area contributed by atoms with E-state index >= 15 is 0 Å². The van der Waals surface area contributed by atoms with Gasteiger partial charge in [-0.15, -0.1) is 0 Å². The monoisotopic (exact) mass is 264 g/mol. The normalized spacial score (nSPS) is 17.9. The van der Waals surface area contributed by atoms with Crippen LogP contribution < -0.4 is 11.1 Å². The van der Waals surface area contributed by atoms with E-state index in [0.29, 0.717) is 17.3 Å². The summed E-state index contributed by atoms with van der Waals surface area (Å²) >= 11 is 0. The first-order chi connectivity index (χ1) is 9.09. The molecule has 0 saturated carbocycles. The number of para-hydroxylation sites is 1. The lowest BCUT2D eigenvalue weighted by Crippen LogP contribution is -2.31. The third kappa shape index (κ3) is 3.17. The summed E-state index contributed by atoms with van der Waals surface area (Å²) in [6.45, 7) is 3.69. The molecule has 0 spiro atoms. The number of nitrogens with two attached hydrogens (primary N) is 1. The Balaban J connectivity index is 2.10. The van der Waals surface area contributed by atoms with Crippen molar-refractivity contribution in [2.75, 3.05) is 24.3 Å². The first-order valence-electron chi connectivity index (χ1n) is 6.55. The van der Waals surface area contributed by atoms with Gasteiger partial charge in [-0.2, -0.15) is 0 Å². The van der Waals surface area contributed by atoms with E-state index in [1.54, 1.807) is 6.07 Å². The molecule has 1 fully saturated rings. The van der Waals surface area contributed by atoms with Crippen LogP contribution in [0.2, 0.25) is 0 Å². The van der Waals surface area contributed by atoms with Crippen LogP contribution in [0.5, 0.6) is 0 Å². The summed E-state index contributed by atoms with van der Waals surface area (Å²) in [7, 11) is 0. The number of aromatic carboxylic acids is 1. The van der Waals surface area contributed by atoms with Gasteiger partial charge in [-0.3, -0.25) is 0 Å². The molecule has 1 heterocycles. The van der Waals surface area contributed by atoms with Gasteiger partial charge in [-0.25, -0.2) is 4.79 Å². The van der Waals surface area contributed by atoms with Gasteiger partial charge < -0.3 is 20.9 Å². The van der Waals surface area contributed by atoms with E-state index in [1.807, 2.05) is 6.07 Å². The van der Waals surface area contributed by atoms with Crippen LogP contribution in [0.25, 0.3) is 0 Å². The molecule has 0 amide bonds. The highest BCUT2D eigenvalue weighted by Crippen LogP contribution is 2.27. The molecule has 19 heavy (non-hydrogen) atoms. The number of carboxylic acids is 1. The molecule has 0 radical (unpaired) electrons. The van der Waals surface area contributed by atoms with Crippen molar-refractivity contribution >= 4 is 17.3 Å². The highest BCUT2D eigenvalue weighted by molar-refractivity contribution is 5.97. The van der Waals surface area contributed by atoms with Crippen molar-refractivity contribution in [2.45, 2.75) is 25.8 Å². The second-order valence-electron chi connectivity index (χ2n) is 4.95. The van der Waals surface area contributed by atoms with Crippen molar-refractivity contribution in [2.24, 2.45) is 5.92 Å². The molecule has 1 aromatic carbocycles. The molecule has 5 nitrogen and oxygen atoms in total. The topological polar surface area (TPSA) is 84.6 Å². The summed E-state index contributed by atoms with van der Waals surface area (Å²) in [6.07, 6.45) is 2.04. The number of anilines is 2. The zero-order chi connectivity index (χ0) is 13.8. The van der Waals surface area contributed by atoms with Gasteiger partial charge in [0.15, 0.2) is 0 Å². The standard InChI is InChI=1S/C14H20N2O3/c1-9(10-5-7-19-8-6-10)16-12-4-2-3-11(13(12)15)14(17)18/h2-4,9-10,16H,5-8,15H2,1H3,(H,17,18). The predicted octanol–water partition coefficient (Wildman–Crippen LogP) is 2.19. The smallest absolute Gasteiger partial charge is 0.337 e. The van der Waals surface area contributed by atoms with E-state index in [9.17, 15) is 4.79 Å². The Hall–Kier alpha value is -1.75. The molecule has 0 aromatic heterocycles. The van der Waals surface area contributed by atoms with Gasteiger partial charge in [0.05, 0.1) is 16.9 Å². The van der Waals surface area contributed by atoms with Crippen LogP contribution in [-0.2, 0) is 4.74 Å². The molecule has 1 atom stereocenters. The van der Waals surface area contributed by atoms with Crippen molar-refractivity contribution in [3.63, 3.8) is 0 Å². The largest absolute Gasteiger partial charge is 0.478 e. The number of nitrogen functional groups attached to an aromatic ring is 1.